The van der Waals surface area contributed by atoms with Crippen LogP contribution in [0.3, 0.4) is 0 Å². The predicted octanol–water partition coefficient (Wildman–Crippen LogP) is 25.6. The summed E-state index contributed by atoms with van der Waals surface area (Å²) < 4.78 is 10.8. The number of ether oxygens (including phenoxy) is 2. The molecule has 472 valence electrons. The van der Waals surface area contributed by atoms with Crippen LogP contribution in [0.2, 0.25) is 0 Å². The highest BCUT2D eigenvalue weighted by atomic mass is 16.6. The van der Waals surface area contributed by atoms with Crippen molar-refractivity contribution in [3.63, 3.8) is 0 Å². The fourth-order valence-electron chi connectivity index (χ4n) is 12.1. The maximum Gasteiger partial charge on any atom is 0.306 e. The van der Waals surface area contributed by atoms with Gasteiger partial charge in [-0.25, -0.2) is 0 Å². The highest BCUT2D eigenvalue weighted by Crippen LogP contribution is 2.20. The largest absolute Gasteiger partial charge is 0.462 e. The number of aliphatic hydroxyl groups excluding tert-OH is 1. The third kappa shape index (κ3) is 69.3. The molecule has 0 rings (SSSR count). The molecule has 1 atom stereocenters. The third-order valence-electron chi connectivity index (χ3n) is 17.7. The maximum absolute atomic E-state index is 12.4. The molecule has 0 saturated heterocycles. The first-order chi connectivity index (χ1) is 39.1. The molecule has 79 heavy (non-hydrogen) atoms. The molecule has 0 aliphatic heterocycles. The van der Waals surface area contributed by atoms with Crippen LogP contribution >= 0.6 is 0 Å². The van der Waals surface area contributed by atoms with Crippen LogP contribution in [0.1, 0.15) is 444 Å². The van der Waals surface area contributed by atoms with Gasteiger partial charge in [0, 0.05) is 12.8 Å². The van der Waals surface area contributed by atoms with Gasteiger partial charge in [0.05, 0.1) is 6.61 Å². The van der Waals surface area contributed by atoms with Crippen molar-refractivity contribution in [1.29, 1.82) is 0 Å². The highest BCUT2D eigenvalue weighted by Gasteiger charge is 2.16. The minimum absolute atomic E-state index is 0.0552. The lowest BCUT2D eigenvalue weighted by Crippen LogP contribution is -2.28. The van der Waals surface area contributed by atoms with E-state index in [9.17, 15) is 14.7 Å². The molecule has 5 heteroatoms. The van der Waals surface area contributed by atoms with E-state index >= 15 is 0 Å². The van der Waals surface area contributed by atoms with Gasteiger partial charge in [-0.3, -0.25) is 9.59 Å². The fourth-order valence-corrected chi connectivity index (χ4v) is 12.1. The van der Waals surface area contributed by atoms with Crippen molar-refractivity contribution < 1.29 is 24.2 Å². The minimum Gasteiger partial charge on any atom is -0.462 e. The Hall–Kier alpha value is -1.10. The first-order valence-corrected chi connectivity index (χ1v) is 37.1. The van der Waals surface area contributed by atoms with E-state index in [-0.39, 0.29) is 25.2 Å². The number of aliphatic hydroxyl groups is 1. The van der Waals surface area contributed by atoms with Crippen molar-refractivity contribution >= 4 is 11.9 Å². The van der Waals surface area contributed by atoms with Gasteiger partial charge in [0.1, 0.15) is 6.61 Å². The van der Waals surface area contributed by atoms with Crippen LogP contribution in [0.25, 0.3) is 0 Å². The van der Waals surface area contributed by atoms with Crippen molar-refractivity contribution in [3.8, 4) is 0 Å². The Morgan fingerprint density at radius 1 is 0.241 bits per heavy atom. The van der Waals surface area contributed by atoms with Gasteiger partial charge in [0.2, 0.25) is 0 Å². The van der Waals surface area contributed by atoms with Crippen LogP contribution in [-0.2, 0) is 19.1 Å². The zero-order valence-corrected chi connectivity index (χ0v) is 54.4. The van der Waals surface area contributed by atoms with Crippen molar-refractivity contribution in [2.75, 3.05) is 13.2 Å². The summed E-state index contributed by atoms with van der Waals surface area (Å²) in [6.07, 6.45) is 90.3. The molecular formula is C74H146O5. The molecule has 0 fully saturated rings. The summed E-state index contributed by atoms with van der Waals surface area (Å²) in [6.45, 7) is 4.23. The van der Waals surface area contributed by atoms with Crippen LogP contribution in [0.5, 0.6) is 0 Å². The number of unbranched alkanes of at least 4 members (excludes halogenated alkanes) is 63. The Kier molecular flexibility index (Phi) is 70.2. The van der Waals surface area contributed by atoms with E-state index in [1.54, 1.807) is 0 Å². The molecule has 0 heterocycles. The van der Waals surface area contributed by atoms with Gasteiger partial charge in [-0.1, -0.05) is 418 Å². The van der Waals surface area contributed by atoms with Crippen LogP contribution in [0.4, 0.5) is 0 Å². The summed E-state index contributed by atoms with van der Waals surface area (Å²) in [5.41, 5.74) is 0. The Labute approximate surface area is 497 Å². The number of carbonyl (C=O) groups excluding carboxylic acids is 2. The second-order valence-corrected chi connectivity index (χ2v) is 25.8. The quantitative estimate of drug-likeness (QED) is 0.0485. The Bertz CT molecular complexity index is 1120. The van der Waals surface area contributed by atoms with Crippen LogP contribution in [0, 0.1) is 0 Å². The fraction of sp³-hybridized carbons (Fsp3) is 0.973. The van der Waals surface area contributed by atoms with E-state index in [1.807, 2.05) is 0 Å². The van der Waals surface area contributed by atoms with Crippen molar-refractivity contribution in [2.45, 2.75) is 450 Å². The summed E-state index contributed by atoms with van der Waals surface area (Å²) in [7, 11) is 0. The number of rotatable bonds is 71. The standard InChI is InChI=1S/C74H146O5/c1-3-5-7-9-11-13-15-17-19-21-23-25-27-29-31-33-34-35-36-37-38-39-40-41-43-45-47-49-51-53-55-57-59-61-63-65-67-69-74(77)79-72(70-75)71-78-73(76)68-66-64-62-60-58-56-54-52-50-48-46-44-42-32-30-28-26-24-22-20-18-16-14-12-10-8-6-4-2/h72,75H,3-71H2,1-2H3. The average Bonchev–Trinajstić information content (AvgIpc) is 3.45. The van der Waals surface area contributed by atoms with E-state index in [2.05, 4.69) is 13.8 Å². The molecule has 1 N–H and O–H groups in total. The molecule has 0 aromatic heterocycles. The molecule has 0 aliphatic carbocycles. The number of hydrogen-bond donors (Lipinski definition) is 1. The summed E-state index contributed by atoms with van der Waals surface area (Å²) in [6, 6.07) is 0. The predicted molar refractivity (Wildman–Crippen MR) is 349 cm³/mol. The number of hydrogen-bond acceptors (Lipinski definition) is 5. The van der Waals surface area contributed by atoms with Gasteiger partial charge in [-0.05, 0) is 12.8 Å². The summed E-state index contributed by atoms with van der Waals surface area (Å²) in [4.78, 5) is 24.7. The topological polar surface area (TPSA) is 72.8 Å². The molecule has 0 aromatic rings. The molecule has 0 amide bonds. The first kappa shape index (κ1) is 77.9. The van der Waals surface area contributed by atoms with Crippen molar-refractivity contribution in [3.05, 3.63) is 0 Å². The van der Waals surface area contributed by atoms with E-state index in [4.69, 9.17) is 9.47 Å². The van der Waals surface area contributed by atoms with Gasteiger partial charge in [-0.2, -0.15) is 0 Å². The molecule has 0 radical (unpaired) electrons. The molecule has 0 bridgehead atoms. The monoisotopic (exact) mass is 1120 g/mol. The normalized spacial score (nSPS) is 12.0. The second kappa shape index (κ2) is 71.2. The lowest BCUT2D eigenvalue weighted by Gasteiger charge is -2.15. The summed E-state index contributed by atoms with van der Waals surface area (Å²) in [5, 5.41) is 9.71. The maximum atomic E-state index is 12.4. The zero-order chi connectivity index (χ0) is 56.9. The third-order valence-corrected chi connectivity index (χ3v) is 17.7. The molecular weight excluding hydrogens is 969 g/mol. The summed E-state index contributed by atoms with van der Waals surface area (Å²) in [5.74, 6) is -0.557. The van der Waals surface area contributed by atoms with Crippen molar-refractivity contribution in [2.24, 2.45) is 0 Å². The lowest BCUT2D eigenvalue weighted by atomic mass is 10.0. The van der Waals surface area contributed by atoms with Crippen molar-refractivity contribution in [1.82, 2.24) is 0 Å². The summed E-state index contributed by atoms with van der Waals surface area (Å²) >= 11 is 0. The smallest absolute Gasteiger partial charge is 0.306 e. The SMILES string of the molecule is CCCCCCCCCCCCCCCCCCCCCCCCCCCCCCCCCCCCCCCC(=O)OC(CO)COC(=O)CCCCCCCCCCCCCCCCCCCCCCCCCCCCCC. The van der Waals surface area contributed by atoms with Gasteiger partial charge >= 0.3 is 11.9 Å². The Balaban J connectivity index is 3.33. The van der Waals surface area contributed by atoms with Crippen LogP contribution in [0.15, 0.2) is 0 Å². The second-order valence-electron chi connectivity index (χ2n) is 25.8. The molecule has 0 spiro atoms. The lowest BCUT2D eigenvalue weighted by molar-refractivity contribution is -0.161. The van der Waals surface area contributed by atoms with Gasteiger partial charge < -0.3 is 14.6 Å². The Morgan fingerprint density at radius 2 is 0.392 bits per heavy atom. The van der Waals surface area contributed by atoms with Gasteiger partial charge in [-0.15, -0.1) is 0 Å². The first-order valence-electron chi connectivity index (χ1n) is 37.1. The van der Waals surface area contributed by atoms with Gasteiger partial charge in [0.15, 0.2) is 6.10 Å². The van der Waals surface area contributed by atoms with Gasteiger partial charge in [0.25, 0.3) is 0 Å². The van der Waals surface area contributed by atoms with E-state index in [1.165, 1.54) is 385 Å². The van der Waals surface area contributed by atoms with Crippen LogP contribution < -0.4 is 0 Å². The molecule has 5 nitrogen and oxygen atoms in total. The minimum atomic E-state index is -0.766. The van der Waals surface area contributed by atoms with E-state index in [0.29, 0.717) is 12.8 Å². The Morgan fingerprint density at radius 3 is 0.557 bits per heavy atom. The zero-order valence-electron chi connectivity index (χ0n) is 54.4. The average molecular weight is 1120 g/mol. The molecule has 1 unspecified atom stereocenters. The highest BCUT2D eigenvalue weighted by molar-refractivity contribution is 5.70. The van der Waals surface area contributed by atoms with E-state index in [0.717, 1.165) is 32.1 Å². The van der Waals surface area contributed by atoms with E-state index < -0.39 is 6.10 Å². The molecule has 0 aliphatic rings. The van der Waals surface area contributed by atoms with Crippen LogP contribution in [-0.4, -0.2) is 36.4 Å². The number of esters is 2. The molecule has 0 aromatic carbocycles. The molecule has 0 saturated carbocycles. The number of carbonyl (C=O) groups is 2.